The number of hydrogen-bond acceptors (Lipinski definition) is 5. The fourth-order valence-corrected chi connectivity index (χ4v) is 3.69. The molecule has 0 aromatic heterocycles. The van der Waals surface area contributed by atoms with Crippen LogP contribution in [0.2, 0.25) is 0 Å². The van der Waals surface area contributed by atoms with E-state index < -0.39 is 0 Å². The van der Waals surface area contributed by atoms with Gasteiger partial charge in [0.05, 0.1) is 21.3 Å². The molecule has 1 fully saturated rings. The molecule has 0 saturated carbocycles. The van der Waals surface area contributed by atoms with E-state index in [4.69, 9.17) is 14.2 Å². The van der Waals surface area contributed by atoms with Crippen LogP contribution in [0.4, 0.5) is 5.69 Å². The molecule has 146 valence electrons. The summed E-state index contributed by atoms with van der Waals surface area (Å²) in [4.78, 5) is 2.48. The van der Waals surface area contributed by atoms with Crippen molar-refractivity contribution < 1.29 is 14.2 Å². The molecule has 2 aromatic rings. The summed E-state index contributed by atoms with van der Waals surface area (Å²) in [5.41, 5.74) is 3.69. The first-order chi connectivity index (χ1) is 13.1. The molecule has 1 aliphatic rings. The van der Waals surface area contributed by atoms with Crippen LogP contribution in [0.15, 0.2) is 36.4 Å². The average Bonchev–Trinajstić information content (AvgIpc) is 2.68. The Morgan fingerprint density at radius 1 is 0.963 bits per heavy atom. The second-order valence-corrected chi connectivity index (χ2v) is 7.10. The van der Waals surface area contributed by atoms with Gasteiger partial charge in [-0.1, -0.05) is 12.1 Å². The molecular weight excluding hydrogens is 340 g/mol. The molecule has 5 nitrogen and oxygen atoms in total. The predicted octanol–water partition coefficient (Wildman–Crippen LogP) is 4.10. The van der Waals surface area contributed by atoms with Gasteiger partial charge in [-0.2, -0.15) is 0 Å². The maximum absolute atomic E-state index is 5.47. The van der Waals surface area contributed by atoms with Gasteiger partial charge in [0.15, 0.2) is 11.5 Å². The van der Waals surface area contributed by atoms with Crippen molar-refractivity contribution in [3.63, 3.8) is 0 Å². The fourth-order valence-electron chi connectivity index (χ4n) is 3.69. The molecule has 1 N–H and O–H groups in total. The quantitative estimate of drug-likeness (QED) is 0.795. The van der Waals surface area contributed by atoms with Crippen LogP contribution in [0.5, 0.6) is 17.2 Å². The lowest BCUT2D eigenvalue weighted by Crippen LogP contribution is -2.38. The summed E-state index contributed by atoms with van der Waals surface area (Å²) in [7, 11) is 4.94. The number of benzene rings is 2. The highest BCUT2D eigenvalue weighted by Gasteiger charge is 2.20. The minimum atomic E-state index is 0.531. The van der Waals surface area contributed by atoms with Gasteiger partial charge < -0.3 is 19.5 Å². The van der Waals surface area contributed by atoms with Crippen molar-refractivity contribution in [3.8, 4) is 17.2 Å². The number of rotatable bonds is 7. The molecule has 0 bridgehead atoms. The maximum atomic E-state index is 5.47. The van der Waals surface area contributed by atoms with Crippen LogP contribution in [0.1, 0.15) is 24.0 Å². The lowest BCUT2D eigenvalue weighted by molar-refractivity contribution is 0.210. The van der Waals surface area contributed by atoms with Crippen LogP contribution < -0.4 is 19.5 Å². The summed E-state index contributed by atoms with van der Waals surface area (Å²) in [6, 6.07) is 13.2. The maximum Gasteiger partial charge on any atom is 0.203 e. The van der Waals surface area contributed by atoms with Gasteiger partial charge in [-0.05, 0) is 55.2 Å². The molecule has 27 heavy (non-hydrogen) atoms. The number of nitrogens with one attached hydrogen (secondary N) is 1. The minimum absolute atomic E-state index is 0.531. The molecule has 1 saturated heterocycles. The predicted molar refractivity (Wildman–Crippen MR) is 109 cm³/mol. The molecule has 0 amide bonds. The first-order valence-corrected chi connectivity index (χ1v) is 9.47. The number of anilines is 1. The van der Waals surface area contributed by atoms with Gasteiger partial charge >= 0.3 is 0 Å². The van der Waals surface area contributed by atoms with Crippen molar-refractivity contribution in [2.45, 2.75) is 32.4 Å². The Bertz CT molecular complexity index is 730. The smallest absolute Gasteiger partial charge is 0.203 e. The van der Waals surface area contributed by atoms with Gasteiger partial charge in [-0.15, -0.1) is 0 Å². The van der Waals surface area contributed by atoms with Crippen LogP contribution in [-0.4, -0.2) is 45.4 Å². The molecule has 1 heterocycles. The Labute approximate surface area is 162 Å². The lowest BCUT2D eigenvalue weighted by atomic mass is 10.0. The van der Waals surface area contributed by atoms with Gasteiger partial charge in [0.25, 0.3) is 0 Å². The van der Waals surface area contributed by atoms with Crippen LogP contribution in [-0.2, 0) is 6.54 Å². The molecule has 0 radical (unpaired) electrons. The number of piperidine rings is 1. The highest BCUT2D eigenvalue weighted by atomic mass is 16.5. The van der Waals surface area contributed by atoms with Gasteiger partial charge in [0.2, 0.25) is 5.75 Å². The second-order valence-electron chi connectivity index (χ2n) is 7.10. The minimum Gasteiger partial charge on any atom is -0.493 e. The van der Waals surface area contributed by atoms with E-state index in [1.807, 2.05) is 12.1 Å². The van der Waals surface area contributed by atoms with Gasteiger partial charge in [-0.3, -0.25) is 4.90 Å². The number of methoxy groups -OCH3 is 3. The molecule has 0 unspecified atom stereocenters. The summed E-state index contributed by atoms with van der Waals surface area (Å²) >= 11 is 0. The van der Waals surface area contributed by atoms with Crippen molar-refractivity contribution in [3.05, 3.63) is 47.5 Å². The van der Waals surface area contributed by atoms with E-state index in [1.165, 1.54) is 16.8 Å². The molecule has 1 aliphatic heterocycles. The lowest BCUT2D eigenvalue weighted by Gasteiger charge is -2.33. The number of likely N-dealkylation sites (tertiary alicyclic amines) is 1. The van der Waals surface area contributed by atoms with E-state index >= 15 is 0 Å². The zero-order valence-electron chi connectivity index (χ0n) is 16.7. The van der Waals surface area contributed by atoms with Crippen molar-refractivity contribution >= 4 is 5.69 Å². The number of aryl methyl sites for hydroxylation is 1. The molecule has 3 rings (SSSR count). The van der Waals surface area contributed by atoms with Gasteiger partial charge in [0.1, 0.15) is 0 Å². The normalized spacial score (nSPS) is 15.4. The summed E-state index contributed by atoms with van der Waals surface area (Å²) in [6.45, 7) is 5.15. The summed E-state index contributed by atoms with van der Waals surface area (Å²) in [5, 5.41) is 3.67. The second kappa shape index (κ2) is 9.00. The van der Waals surface area contributed by atoms with E-state index in [2.05, 4.69) is 41.4 Å². The number of ether oxygens (including phenoxy) is 3. The molecule has 0 aliphatic carbocycles. The van der Waals surface area contributed by atoms with E-state index in [-0.39, 0.29) is 0 Å². The molecule has 0 atom stereocenters. The third-order valence-corrected chi connectivity index (χ3v) is 5.11. The van der Waals surface area contributed by atoms with Crippen molar-refractivity contribution in [1.82, 2.24) is 4.90 Å². The van der Waals surface area contributed by atoms with E-state index in [1.54, 1.807) is 21.3 Å². The third kappa shape index (κ3) is 4.86. The Morgan fingerprint density at radius 3 is 2.19 bits per heavy atom. The van der Waals surface area contributed by atoms with Gasteiger partial charge in [-0.25, -0.2) is 0 Å². The molecule has 2 aromatic carbocycles. The zero-order valence-corrected chi connectivity index (χ0v) is 16.7. The van der Waals surface area contributed by atoms with Crippen LogP contribution in [0, 0.1) is 6.92 Å². The molecule has 0 spiro atoms. The summed E-state index contributed by atoms with van der Waals surface area (Å²) in [5.74, 6) is 2.07. The zero-order chi connectivity index (χ0) is 19.2. The Hall–Kier alpha value is -2.40. The topological polar surface area (TPSA) is 43.0 Å². The van der Waals surface area contributed by atoms with Crippen LogP contribution in [0.25, 0.3) is 0 Å². The van der Waals surface area contributed by atoms with E-state index in [0.29, 0.717) is 23.3 Å². The van der Waals surface area contributed by atoms with Crippen LogP contribution >= 0.6 is 0 Å². The summed E-state index contributed by atoms with van der Waals surface area (Å²) < 4.78 is 16.3. The Morgan fingerprint density at radius 2 is 1.63 bits per heavy atom. The molecule has 5 heteroatoms. The van der Waals surface area contributed by atoms with Crippen molar-refractivity contribution in [1.29, 1.82) is 0 Å². The molecular formula is C22H30N2O3. The first kappa shape index (κ1) is 19.4. The fraction of sp³-hybridized carbons (Fsp3) is 0.455. The van der Waals surface area contributed by atoms with Gasteiger partial charge in [0, 0.05) is 31.4 Å². The SMILES string of the molecule is COc1cc(CN2CCC(Nc3cccc(C)c3)CC2)cc(OC)c1OC. The summed E-state index contributed by atoms with van der Waals surface area (Å²) in [6.07, 6.45) is 2.27. The van der Waals surface area contributed by atoms with E-state index in [9.17, 15) is 0 Å². The van der Waals surface area contributed by atoms with Crippen molar-refractivity contribution in [2.24, 2.45) is 0 Å². The number of hydrogen-bond donors (Lipinski definition) is 1. The average molecular weight is 370 g/mol. The van der Waals surface area contributed by atoms with Crippen molar-refractivity contribution in [2.75, 3.05) is 39.7 Å². The Kier molecular flexibility index (Phi) is 6.45. The monoisotopic (exact) mass is 370 g/mol. The first-order valence-electron chi connectivity index (χ1n) is 9.47. The highest BCUT2D eigenvalue weighted by Crippen LogP contribution is 2.38. The number of nitrogens with zero attached hydrogens (tertiary/aromatic N) is 1. The van der Waals surface area contributed by atoms with Crippen LogP contribution in [0.3, 0.4) is 0 Å². The Balaban J connectivity index is 1.59. The standard InChI is InChI=1S/C22H30N2O3/c1-16-6-5-7-19(12-16)23-18-8-10-24(11-9-18)15-17-13-20(25-2)22(27-4)21(14-17)26-3/h5-7,12-14,18,23H,8-11,15H2,1-4H3. The van der Waals surface area contributed by atoms with E-state index in [0.717, 1.165) is 32.5 Å². The largest absolute Gasteiger partial charge is 0.493 e. The third-order valence-electron chi connectivity index (χ3n) is 5.11. The highest BCUT2D eigenvalue weighted by molar-refractivity contribution is 5.53.